The van der Waals surface area contributed by atoms with Crippen LogP contribution >= 0.6 is 11.3 Å². The van der Waals surface area contributed by atoms with E-state index < -0.39 is 11.7 Å². The number of amides is 1. The van der Waals surface area contributed by atoms with Crippen molar-refractivity contribution in [2.24, 2.45) is 5.16 Å². The van der Waals surface area contributed by atoms with Crippen molar-refractivity contribution in [3.05, 3.63) is 16.1 Å². The van der Waals surface area contributed by atoms with Crippen LogP contribution in [-0.2, 0) is 11.3 Å². The minimum atomic E-state index is -0.489. The van der Waals surface area contributed by atoms with Crippen molar-refractivity contribution in [3.63, 3.8) is 0 Å². The number of nitrogens with one attached hydrogen (secondary N) is 1. The third kappa shape index (κ3) is 4.98. The Morgan fingerprint density at radius 3 is 2.77 bits per heavy atom. The number of alkyl carbamates (subject to hydrolysis) is 1. The number of nitrogens with zero attached hydrogens (tertiary/aromatic N) is 2. The summed E-state index contributed by atoms with van der Waals surface area (Å²) in [6, 6.07) is 0. The summed E-state index contributed by atoms with van der Waals surface area (Å²) in [5.41, 5.74) is 0.386. The normalized spacial score (nSPS) is 18.9. The van der Waals surface area contributed by atoms with E-state index in [1.54, 1.807) is 11.3 Å². The van der Waals surface area contributed by atoms with Gasteiger partial charge in [0.2, 0.25) is 0 Å². The van der Waals surface area contributed by atoms with Gasteiger partial charge >= 0.3 is 6.09 Å². The fourth-order valence-corrected chi connectivity index (χ4v) is 3.39. The van der Waals surface area contributed by atoms with Gasteiger partial charge in [-0.05, 0) is 46.5 Å². The van der Waals surface area contributed by atoms with Crippen LogP contribution in [0.3, 0.4) is 0 Å². The van der Waals surface area contributed by atoms with Crippen LogP contribution in [0.1, 0.15) is 62.3 Å². The third-order valence-corrected chi connectivity index (χ3v) is 4.59. The monoisotopic (exact) mass is 325 g/mol. The fraction of sp³-hybridized carbons (Fsp3) is 0.667. The second-order valence-corrected chi connectivity index (χ2v) is 7.61. The first-order chi connectivity index (χ1) is 10.4. The van der Waals surface area contributed by atoms with Gasteiger partial charge in [-0.1, -0.05) is 5.16 Å². The van der Waals surface area contributed by atoms with Crippen LogP contribution in [0.4, 0.5) is 4.79 Å². The number of hydrogen-bond donors (Lipinski definition) is 2. The zero-order valence-electron chi connectivity index (χ0n) is 13.3. The third-order valence-electron chi connectivity index (χ3n) is 3.43. The average molecular weight is 325 g/mol. The van der Waals surface area contributed by atoms with Gasteiger partial charge in [-0.3, -0.25) is 0 Å². The minimum Gasteiger partial charge on any atom is -0.444 e. The smallest absolute Gasteiger partial charge is 0.407 e. The summed E-state index contributed by atoms with van der Waals surface area (Å²) < 4.78 is 5.20. The van der Waals surface area contributed by atoms with E-state index in [-0.39, 0.29) is 0 Å². The number of oxime groups is 1. The van der Waals surface area contributed by atoms with Gasteiger partial charge in [-0.25, -0.2) is 9.78 Å². The summed E-state index contributed by atoms with van der Waals surface area (Å²) in [6.07, 6.45) is 4.98. The summed E-state index contributed by atoms with van der Waals surface area (Å²) >= 11 is 1.62. The summed E-state index contributed by atoms with van der Waals surface area (Å²) in [5.74, 6) is 0.422. The number of rotatable bonds is 3. The molecule has 1 heterocycles. The molecule has 2 N–H and O–H groups in total. The molecule has 0 spiro atoms. The Labute approximate surface area is 134 Å². The lowest BCUT2D eigenvalue weighted by Gasteiger charge is -2.20. The second kappa shape index (κ2) is 7.09. The van der Waals surface area contributed by atoms with Crippen LogP contribution < -0.4 is 5.32 Å². The van der Waals surface area contributed by atoms with Crippen molar-refractivity contribution < 1.29 is 14.7 Å². The molecule has 0 radical (unpaired) electrons. The van der Waals surface area contributed by atoms with E-state index in [2.05, 4.69) is 15.5 Å². The van der Waals surface area contributed by atoms with E-state index in [0.717, 1.165) is 41.3 Å². The molecule has 2 rings (SSSR count). The average Bonchev–Trinajstić information content (AvgIpc) is 2.92. The van der Waals surface area contributed by atoms with Gasteiger partial charge in [-0.2, -0.15) is 0 Å². The molecule has 1 aromatic rings. The Hall–Kier alpha value is -1.63. The van der Waals surface area contributed by atoms with Gasteiger partial charge in [0.25, 0.3) is 0 Å². The molecule has 6 nitrogen and oxygen atoms in total. The summed E-state index contributed by atoms with van der Waals surface area (Å²) in [4.78, 5) is 17.1. The first-order valence-corrected chi connectivity index (χ1v) is 8.30. The number of ether oxygens (including phenoxy) is 1. The Morgan fingerprint density at radius 1 is 1.50 bits per heavy atom. The van der Waals surface area contributed by atoms with Gasteiger partial charge in [0.05, 0.1) is 17.3 Å². The summed E-state index contributed by atoms with van der Waals surface area (Å²) in [7, 11) is 0. The van der Waals surface area contributed by atoms with Crippen molar-refractivity contribution in [3.8, 4) is 0 Å². The predicted octanol–water partition coefficient (Wildman–Crippen LogP) is 3.66. The maximum absolute atomic E-state index is 11.6. The molecule has 1 aliphatic carbocycles. The first-order valence-electron chi connectivity index (χ1n) is 7.48. The molecule has 0 aromatic carbocycles. The van der Waals surface area contributed by atoms with Gasteiger partial charge in [0.1, 0.15) is 5.60 Å². The van der Waals surface area contributed by atoms with Gasteiger partial charge < -0.3 is 15.3 Å². The van der Waals surface area contributed by atoms with Crippen molar-refractivity contribution in [2.45, 2.75) is 64.5 Å². The van der Waals surface area contributed by atoms with E-state index in [9.17, 15) is 4.79 Å². The number of carbonyl (C=O) groups is 1. The molecule has 122 valence electrons. The van der Waals surface area contributed by atoms with Crippen LogP contribution in [0.25, 0.3) is 0 Å². The molecule has 1 aliphatic rings. The van der Waals surface area contributed by atoms with Crippen molar-refractivity contribution in [1.29, 1.82) is 0 Å². The Kier molecular flexibility index (Phi) is 5.39. The van der Waals surface area contributed by atoms with Crippen molar-refractivity contribution in [2.75, 3.05) is 0 Å². The molecule has 0 unspecified atom stereocenters. The molecule has 0 atom stereocenters. The summed E-state index contributed by atoms with van der Waals surface area (Å²) in [6.45, 7) is 5.95. The number of hydrogen-bond acceptors (Lipinski definition) is 6. The SMILES string of the molecule is CC(C)(C)OC(=O)NCc1cnc(C2CCC(=NO)CC2)s1. The van der Waals surface area contributed by atoms with E-state index in [1.165, 1.54) is 0 Å². The molecule has 22 heavy (non-hydrogen) atoms. The Bertz CT molecular complexity index is 538. The van der Waals surface area contributed by atoms with E-state index in [0.29, 0.717) is 12.5 Å². The minimum absolute atomic E-state index is 0.413. The highest BCUT2D eigenvalue weighted by atomic mass is 32.1. The Balaban J connectivity index is 1.83. The second-order valence-electron chi connectivity index (χ2n) is 6.46. The zero-order chi connectivity index (χ0) is 16.2. The van der Waals surface area contributed by atoms with Gasteiger partial charge in [-0.15, -0.1) is 11.3 Å². The highest BCUT2D eigenvalue weighted by Gasteiger charge is 2.22. The lowest BCUT2D eigenvalue weighted by Crippen LogP contribution is -2.31. The predicted molar refractivity (Wildman–Crippen MR) is 85.6 cm³/mol. The standard InChI is InChI=1S/C15H23N3O3S/c1-15(2,3)21-14(19)17-9-12-8-16-13(22-12)10-4-6-11(18-20)7-5-10/h8,10,20H,4-7,9H2,1-3H3,(H,17,19). The topological polar surface area (TPSA) is 83.8 Å². The van der Waals surface area contributed by atoms with Crippen molar-refractivity contribution >= 4 is 23.1 Å². The molecule has 1 saturated carbocycles. The molecule has 0 aliphatic heterocycles. The van der Waals surface area contributed by atoms with Gasteiger partial charge in [0, 0.05) is 17.0 Å². The molecule has 1 amide bonds. The number of aromatic nitrogens is 1. The van der Waals surface area contributed by atoms with Crippen LogP contribution in [0.2, 0.25) is 0 Å². The molecule has 0 bridgehead atoms. The molecule has 0 saturated heterocycles. The molecule has 7 heteroatoms. The van der Waals surface area contributed by atoms with Crippen molar-refractivity contribution in [1.82, 2.24) is 10.3 Å². The maximum Gasteiger partial charge on any atom is 0.407 e. The highest BCUT2D eigenvalue weighted by molar-refractivity contribution is 7.11. The van der Waals surface area contributed by atoms with E-state index in [4.69, 9.17) is 9.94 Å². The van der Waals surface area contributed by atoms with Crippen LogP contribution in [0.15, 0.2) is 11.4 Å². The van der Waals surface area contributed by atoms with E-state index >= 15 is 0 Å². The van der Waals surface area contributed by atoms with Crippen LogP contribution in [0, 0.1) is 0 Å². The highest BCUT2D eigenvalue weighted by Crippen LogP contribution is 2.33. The number of carbonyl (C=O) groups excluding carboxylic acids is 1. The van der Waals surface area contributed by atoms with Crippen LogP contribution in [-0.4, -0.2) is 27.6 Å². The number of thiazole rings is 1. The largest absolute Gasteiger partial charge is 0.444 e. The molecule has 1 aromatic heterocycles. The molecular formula is C15H23N3O3S. The van der Waals surface area contributed by atoms with Gasteiger partial charge in [0.15, 0.2) is 0 Å². The maximum atomic E-state index is 11.6. The Morgan fingerprint density at radius 2 is 2.18 bits per heavy atom. The molecule has 1 fully saturated rings. The molecular weight excluding hydrogens is 302 g/mol. The fourth-order valence-electron chi connectivity index (χ4n) is 2.36. The first kappa shape index (κ1) is 16.7. The van der Waals surface area contributed by atoms with E-state index in [1.807, 2.05) is 27.0 Å². The zero-order valence-corrected chi connectivity index (χ0v) is 14.1. The summed E-state index contributed by atoms with van der Waals surface area (Å²) in [5, 5.41) is 15.9. The van der Waals surface area contributed by atoms with Crippen LogP contribution in [0.5, 0.6) is 0 Å². The quantitative estimate of drug-likeness (QED) is 0.656. The lowest BCUT2D eigenvalue weighted by atomic mass is 9.88. The lowest BCUT2D eigenvalue weighted by molar-refractivity contribution is 0.0524.